The van der Waals surface area contributed by atoms with Gasteiger partial charge in [0.25, 0.3) is 0 Å². The Morgan fingerprint density at radius 2 is 1.88 bits per heavy atom. The van der Waals surface area contributed by atoms with Crippen LogP contribution in [0.2, 0.25) is 0 Å². The predicted molar refractivity (Wildman–Crippen MR) is 98.5 cm³/mol. The van der Waals surface area contributed by atoms with E-state index in [2.05, 4.69) is 16.5 Å². The standard InChI is InChI=1S/C18H17F3N2S2/c1-2-3-4-12-8-22-17(23-9-12)13-5-6-15(16(19)7-13)14-10-24-18(20,21)25-11-14/h2,5-9,14H,1,3-4,10-11H2. The molecule has 1 aromatic heterocycles. The lowest BCUT2D eigenvalue weighted by molar-refractivity contribution is 0.210. The lowest BCUT2D eigenvalue weighted by atomic mass is 10.00. The molecule has 0 atom stereocenters. The molecule has 25 heavy (non-hydrogen) atoms. The number of nitrogens with zero attached hydrogens (tertiary/aromatic N) is 2. The number of benzene rings is 1. The molecule has 0 amide bonds. The molecular formula is C18H17F3N2S2. The van der Waals surface area contributed by atoms with E-state index in [0.717, 1.165) is 18.4 Å². The van der Waals surface area contributed by atoms with E-state index >= 15 is 0 Å². The van der Waals surface area contributed by atoms with Gasteiger partial charge < -0.3 is 0 Å². The molecule has 2 nitrogen and oxygen atoms in total. The number of hydrogen-bond donors (Lipinski definition) is 0. The Morgan fingerprint density at radius 1 is 1.20 bits per heavy atom. The second-order valence-corrected chi connectivity index (χ2v) is 8.29. The molecule has 2 aromatic rings. The summed E-state index contributed by atoms with van der Waals surface area (Å²) in [6.07, 6.45) is 6.96. The van der Waals surface area contributed by atoms with Crippen molar-refractivity contribution in [2.24, 2.45) is 0 Å². The van der Waals surface area contributed by atoms with Crippen molar-refractivity contribution in [2.45, 2.75) is 23.3 Å². The largest absolute Gasteiger partial charge is 0.341 e. The highest BCUT2D eigenvalue weighted by atomic mass is 32.2. The highest BCUT2D eigenvalue weighted by molar-refractivity contribution is 8.18. The van der Waals surface area contributed by atoms with Crippen LogP contribution in [0, 0.1) is 5.82 Å². The van der Waals surface area contributed by atoms with Gasteiger partial charge >= 0.3 is 4.59 Å². The number of halogens is 3. The Balaban J connectivity index is 1.74. The molecule has 1 fully saturated rings. The van der Waals surface area contributed by atoms with Crippen LogP contribution in [0.5, 0.6) is 0 Å². The van der Waals surface area contributed by atoms with Gasteiger partial charge in [-0.25, -0.2) is 14.4 Å². The predicted octanol–water partition coefficient (Wildman–Crippen LogP) is 5.52. The number of allylic oxidation sites excluding steroid dienone is 1. The van der Waals surface area contributed by atoms with E-state index in [0.29, 0.717) is 40.5 Å². The monoisotopic (exact) mass is 382 g/mol. The molecule has 0 spiro atoms. The quantitative estimate of drug-likeness (QED) is 0.637. The van der Waals surface area contributed by atoms with Gasteiger partial charge in [0.05, 0.1) is 0 Å². The van der Waals surface area contributed by atoms with E-state index < -0.39 is 10.4 Å². The first-order chi connectivity index (χ1) is 12.0. The van der Waals surface area contributed by atoms with Crippen molar-refractivity contribution in [1.82, 2.24) is 9.97 Å². The minimum absolute atomic E-state index is 0.213. The minimum atomic E-state index is -2.77. The highest BCUT2D eigenvalue weighted by Gasteiger charge is 2.37. The van der Waals surface area contributed by atoms with Gasteiger partial charge in [0.15, 0.2) is 5.82 Å². The summed E-state index contributed by atoms with van der Waals surface area (Å²) in [7, 11) is 0. The molecule has 7 heteroatoms. The fraction of sp³-hybridized carbons (Fsp3) is 0.333. The summed E-state index contributed by atoms with van der Waals surface area (Å²) < 4.78 is 38.1. The number of thioether (sulfide) groups is 2. The van der Waals surface area contributed by atoms with Crippen molar-refractivity contribution in [1.29, 1.82) is 0 Å². The molecular weight excluding hydrogens is 365 g/mol. The summed E-state index contributed by atoms with van der Waals surface area (Å²) in [4.78, 5) is 8.57. The van der Waals surface area contributed by atoms with E-state index in [1.54, 1.807) is 24.5 Å². The molecule has 0 N–H and O–H groups in total. The molecule has 0 aliphatic carbocycles. The first-order valence-corrected chi connectivity index (χ1v) is 9.83. The zero-order valence-corrected chi connectivity index (χ0v) is 15.1. The summed E-state index contributed by atoms with van der Waals surface area (Å²) in [5.41, 5.74) is 2.05. The molecule has 132 valence electrons. The van der Waals surface area contributed by atoms with Crippen molar-refractivity contribution in [3.05, 3.63) is 60.2 Å². The second kappa shape index (κ2) is 7.83. The van der Waals surface area contributed by atoms with Gasteiger partial charge in [-0.2, -0.15) is 8.78 Å². The van der Waals surface area contributed by atoms with Gasteiger partial charge in [-0.1, -0.05) is 41.7 Å². The zero-order valence-electron chi connectivity index (χ0n) is 13.4. The summed E-state index contributed by atoms with van der Waals surface area (Å²) in [5, 5.41) is 0. The molecule has 1 saturated heterocycles. The fourth-order valence-electron chi connectivity index (χ4n) is 2.56. The van der Waals surface area contributed by atoms with Crippen molar-refractivity contribution >= 4 is 23.5 Å². The summed E-state index contributed by atoms with van der Waals surface area (Å²) in [5.74, 6) is 0.265. The van der Waals surface area contributed by atoms with Crippen LogP contribution in [0.3, 0.4) is 0 Å². The number of aryl methyl sites for hydroxylation is 1. The first kappa shape index (κ1) is 18.3. The molecule has 2 heterocycles. The Kier molecular flexibility index (Phi) is 5.74. The van der Waals surface area contributed by atoms with Gasteiger partial charge in [0, 0.05) is 35.4 Å². The average Bonchev–Trinajstić information content (AvgIpc) is 2.61. The summed E-state index contributed by atoms with van der Waals surface area (Å²) in [6, 6.07) is 4.80. The molecule has 1 aliphatic heterocycles. The third-order valence-corrected chi connectivity index (χ3v) is 6.46. The van der Waals surface area contributed by atoms with Crippen LogP contribution in [-0.2, 0) is 6.42 Å². The molecule has 1 aromatic carbocycles. The van der Waals surface area contributed by atoms with Crippen LogP contribution in [-0.4, -0.2) is 26.1 Å². The van der Waals surface area contributed by atoms with Crippen LogP contribution in [0.1, 0.15) is 23.5 Å². The molecule has 0 unspecified atom stereocenters. The number of alkyl halides is 2. The van der Waals surface area contributed by atoms with Crippen LogP contribution in [0.4, 0.5) is 13.2 Å². The van der Waals surface area contributed by atoms with Crippen molar-refractivity contribution < 1.29 is 13.2 Å². The van der Waals surface area contributed by atoms with E-state index in [4.69, 9.17) is 0 Å². The smallest absolute Gasteiger partial charge is 0.236 e. The fourth-order valence-corrected chi connectivity index (χ4v) is 4.84. The van der Waals surface area contributed by atoms with Crippen molar-refractivity contribution in [3.63, 3.8) is 0 Å². The van der Waals surface area contributed by atoms with Crippen LogP contribution in [0.15, 0.2) is 43.2 Å². The maximum atomic E-state index is 14.5. The van der Waals surface area contributed by atoms with Crippen LogP contribution >= 0.6 is 23.5 Å². The van der Waals surface area contributed by atoms with Crippen LogP contribution < -0.4 is 0 Å². The number of aromatic nitrogens is 2. The second-order valence-electron chi connectivity index (χ2n) is 5.76. The SMILES string of the molecule is C=CCCc1cnc(-c2ccc(C3CSC(F)(F)SC3)c(F)c2)nc1. The van der Waals surface area contributed by atoms with E-state index in [-0.39, 0.29) is 17.4 Å². The van der Waals surface area contributed by atoms with Gasteiger partial charge in [-0.15, -0.1) is 6.58 Å². The van der Waals surface area contributed by atoms with E-state index in [9.17, 15) is 13.2 Å². The van der Waals surface area contributed by atoms with Gasteiger partial charge in [0.1, 0.15) is 5.82 Å². The highest BCUT2D eigenvalue weighted by Crippen LogP contribution is 2.49. The Labute approximate surface area is 153 Å². The van der Waals surface area contributed by atoms with Crippen molar-refractivity contribution in [2.75, 3.05) is 11.5 Å². The summed E-state index contributed by atoms with van der Waals surface area (Å²) >= 11 is 1.14. The average molecular weight is 382 g/mol. The Morgan fingerprint density at radius 3 is 2.48 bits per heavy atom. The Bertz CT molecular complexity index is 740. The summed E-state index contributed by atoms with van der Waals surface area (Å²) in [6.45, 7) is 3.68. The third kappa shape index (κ3) is 4.58. The molecule has 0 bridgehead atoms. The minimum Gasteiger partial charge on any atom is -0.236 e. The normalized spacial score (nSPS) is 17.4. The maximum absolute atomic E-state index is 14.5. The van der Waals surface area contributed by atoms with Crippen molar-refractivity contribution in [3.8, 4) is 11.4 Å². The lowest BCUT2D eigenvalue weighted by Gasteiger charge is -2.27. The third-order valence-electron chi connectivity index (χ3n) is 3.95. The number of rotatable bonds is 5. The first-order valence-electron chi connectivity index (χ1n) is 7.86. The zero-order chi connectivity index (χ0) is 17.9. The van der Waals surface area contributed by atoms with Gasteiger partial charge in [0.2, 0.25) is 0 Å². The lowest BCUT2D eigenvalue weighted by Crippen LogP contribution is -2.20. The van der Waals surface area contributed by atoms with E-state index in [1.807, 2.05) is 6.08 Å². The molecule has 0 radical (unpaired) electrons. The number of hydrogen-bond acceptors (Lipinski definition) is 4. The van der Waals surface area contributed by atoms with Crippen LogP contribution in [0.25, 0.3) is 11.4 Å². The topological polar surface area (TPSA) is 25.8 Å². The molecule has 0 saturated carbocycles. The molecule has 3 rings (SSSR count). The molecule has 1 aliphatic rings. The van der Waals surface area contributed by atoms with E-state index in [1.165, 1.54) is 6.07 Å². The van der Waals surface area contributed by atoms with Gasteiger partial charge in [-0.3, -0.25) is 0 Å². The maximum Gasteiger partial charge on any atom is 0.341 e. The van der Waals surface area contributed by atoms with Gasteiger partial charge in [-0.05, 0) is 30.0 Å². The Hall–Kier alpha value is -1.47.